The summed E-state index contributed by atoms with van der Waals surface area (Å²) in [6.45, 7) is 2.53. The van der Waals surface area contributed by atoms with Gasteiger partial charge in [0, 0.05) is 64.7 Å². The van der Waals surface area contributed by atoms with Crippen LogP contribution in [0.4, 0.5) is 13.2 Å². The van der Waals surface area contributed by atoms with E-state index in [1.807, 2.05) is 24.3 Å². The number of pyridine rings is 2. The van der Waals surface area contributed by atoms with Gasteiger partial charge in [0.15, 0.2) is 0 Å². The van der Waals surface area contributed by atoms with Crippen molar-refractivity contribution in [1.82, 2.24) is 19.4 Å². The normalized spacial score (nSPS) is 20.4. The van der Waals surface area contributed by atoms with E-state index in [0.29, 0.717) is 50.3 Å². The van der Waals surface area contributed by atoms with Crippen molar-refractivity contribution in [2.75, 3.05) is 33.4 Å². The maximum Gasteiger partial charge on any atom is 0.417 e. The molecule has 0 aliphatic carbocycles. The molecule has 10 heteroatoms. The molecular weight excluding hydrogens is 485 g/mol. The zero-order valence-corrected chi connectivity index (χ0v) is 20.8. The summed E-state index contributed by atoms with van der Waals surface area (Å²) >= 11 is 0. The summed E-state index contributed by atoms with van der Waals surface area (Å²) in [5.74, 6) is -0.0965. The van der Waals surface area contributed by atoms with Crippen LogP contribution in [0.2, 0.25) is 0 Å². The van der Waals surface area contributed by atoms with Gasteiger partial charge in [0.2, 0.25) is 5.91 Å². The number of amides is 1. The van der Waals surface area contributed by atoms with E-state index in [1.54, 1.807) is 29.7 Å². The lowest BCUT2D eigenvalue weighted by Gasteiger charge is -2.36. The van der Waals surface area contributed by atoms with Gasteiger partial charge in [0.05, 0.1) is 23.1 Å². The molecule has 0 spiro atoms. The largest absolute Gasteiger partial charge is 0.417 e. The summed E-state index contributed by atoms with van der Waals surface area (Å²) in [6, 6.07) is 10.5. The Bertz CT molecular complexity index is 1400. The first-order valence-electron chi connectivity index (χ1n) is 12.2. The molecule has 0 radical (unpaired) electrons. The number of nitrogens with zero attached hydrogens (tertiary/aromatic N) is 4. The number of aromatic nitrogens is 2. The molecular formula is C27H29F3N4O3. The molecule has 2 aromatic heterocycles. The summed E-state index contributed by atoms with van der Waals surface area (Å²) in [5.41, 5.74) is 1.29. The van der Waals surface area contributed by atoms with Crippen molar-refractivity contribution < 1.29 is 22.7 Å². The van der Waals surface area contributed by atoms with Gasteiger partial charge in [-0.15, -0.1) is 0 Å². The van der Waals surface area contributed by atoms with Gasteiger partial charge in [0.25, 0.3) is 5.56 Å². The van der Waals surface area contributed by atoms with Gasteiger partial charge in [-0.05, 0) is 47.7 Å². The number of alkyl halides is 3. The maximum atomic E-state index is 13.8. The molecule has 0 saturated carbocycles. The van der Waals surface area contributed by atoms with E-state index in [9.17, 15) is 22.8 Å². The van der Waals surface area contributed by atoms with E-state index in [0.717, 1.165) is 28.7 Å². The zero-order valence-electron chi connectivity index (χ0n) is 20.8. The van der Waals surface area contributed by atoms with Crippen LogP contribution in [-0.2, 0) is 42.3 Å². The van der Waals surface area contributed by atoms with E-state index in [4.69, 9.17) is 4.74 Å². The number of ether oxygens (including phenoxy) is 1. The number of hydrogen-bond donors (Lipinski definition) is 0. The van der Waals surface area contributed by atoms with E-state index >= 15 is 0 Å². The number of carbonyl (C=O) groups excluding carboxylic acids is 1. The first-order chi connectivity index (χ1) is 17.6. The number of carbonyl (C=O) groups is 1. The molecule has 2 aliphatic heterocycles. The van der Waals surface area contributed by atoms with Crippen LogP contribution >= 0.6 is 0 Å². The quantitative estimate of drug-likeness (QED) is 0.523. The number of hydrogen-bond acceptors (Lipinski definition) is 5. The molecule has 1 unspecified atom stereocenters. The van der Waals surface area contributed by atoms with Crippen LogP contribution < -0.4 is 5.56 Å². The molecule has 1 aromatic carbocycles. The summed E-state index contributed by atoms with van der Waals surface area (Å²) in [6.07, 6.45) is -2.60. The Morgan fingerprint density at radius 1 is 1.16 bits per heavy atom. The van der Waals surface area contributed by atoms with E-state index in [2.05, 4.69) is 9.88 Å². The monoisotopic (exact) mass is 514 g/mol. The molecule has 0 N–H and O–H groups in total. The Hall–Kier alpha value is -3.24. The Labute approximate surface area is 212 Å². The summed E-state index contributed by atoms with van der Waals surface area (Å²) in [4.78, 5) is 33.7. The Morgan fingerprint density at radius 3 is 2.70 bits per heavy atom. The molecule has 0 bridgehead atoms. The molecule has 196 valence electrons. The topological polar surface area (TPSA) is 67.7 Å². The second kappa shape index (κ2) is 9.57. The minimum atomic E-state index is -4.48. The maximum absolute atomic E-state index is 13.8. The minimum absolute atomic E-state index is 0.0730. The fourth-order valence-corrected chi connectivity index (χ4v) is 5.58. The second-order valence-electron chi connectivity index (χ2n) is 10.1. The minimum Gasteiger partial charge on any atom is -0.384 e. The van der Waals surface area contributed by atoms with Gasteiger partial charge < -0.3 is 14.2 Å². The van der Waals surface area contributed by atoms with Crippen molar-refractivity contribution in [3.8, 4) is 0 Å². The fraction of sp³-hybridized carbons (Fsp3) is 0.444. The zero-order chi connectivity index (χ0) is 26.4. The SMILES string of the molecule is COCC1(C(=O)N2CCc3ncc(C(F)(F)F)cc3C2)CCN(Cc2ccc3ccc(=O)n(C)c3c2)C1. The average molecular weight is 515 g/mol. The van der Waals surface area contributed by atoms with Gasteiger partial charge in [-0.3, -0.25) is 19.5 Å². The molecule has 4 heterocycles. The average Bonchev–Trinajstić information content (AvgIpc) is 3.28. The summed E-state index contributed by atoms with van der Waals surface area (Å²) in [5, 5.41) is 0.977. The van der Waals surface area contributed by atoms with E-state index in [1.165, 1.54) is 0 Å². The van der Waals surface area contributed by atoms with Crippen LogP contribution in [0.1, 0.15) is 28.8 Å². The smallest absolute Gasteiger partial charge is 0.384 e. The third kappa shape index (κ3) is 4.87. The highest BCUT2D eigenvalue weighted by molar-refractivity contribution is 5.84. The Balaban J connectivity index is 1.34. The Kier molecular flexibility index (Phi) is 6.57. The van der Waals surface area contributed by atoms with Crippen molar-refractivity contribution in [3.63, 3.8) is 0 Å². The van der Waals surface area contributed by atoms with Crippen molar-refractivity contribution in [2.24, 2.45) is 12.5 Å². The standard InChI is InChI=1S/C27H29F3N4O3/c1-32-23-11-18(3-4-19(23)5-6-24(32)35)14-33-10-8-26(16-33,17-37-2)25(36)34-9-7-22-20(15-34)12-21(13-31-22)27(28,29)30/h3-6,11-13H,7-10,14-17H2,1-2H3. The highest BCUT2D eigenvalue weighted by Gasteiger charge is 2.47. The molecule has 1 saturated heterocycles. The number of halogens is 3. The third-order valence-corrected chi connectivity index (χ3v) is 7.56. The number of aryl methyl sites for hydroxylation is 1. The lowest BCUT2D eigenvalue weighted by Crippen LogP contribution is -2.49. The molecule has 1 fully saturated rings. The van der Waals surface area contributed by atoms with Crippen LogP contribution in [0.25, 0.3) is 10.9 Å². The highest BCUT2D eigenvalue weighted by atomic mass is 19.4. The lowest BCUT2D eigenvalue weighted by molar-refractivity contribution is -0.145. The predicted molar refractivity (Wildman–Crippen MR) is 132 cm³/mol. The van der Waals surface area contributed by atoms with Gasteiger partial charge in [-0.25, -0.2) is 0 Å². The number of fused-ring (bicyclic) bond motifs is 2. The number of methoxy groups -OCH3 is 1. The van der Waals surface area contributed by atoms with Crippen molar-refractivity contribution in [1.29, 1.82) is 0 Å². The van der Waals surface area contributed by atoms with Crippen molar-refractivity contribution in [2.45, 2.75) is 32.1 Å². The van der Waals surface area contributed by atoms with Gasteiger partial charge in [-0.2, -0.15) is 13.2 Å². The lowest BCUT2D eigenvalue weighted by atomic mass is 9.85. The second-order valence-corrected chi connectivity index (χ2v) is 10.1. The van der Waals surface area contributed by atoms with Crippen molar-refractivity contribution >= 4 is 16.8 Å². The first kappa shape index (κ1) is 25.4. The predicted octanol–water partition coefficient (Wildman–Crippen LogP) is 3.38. The van der Waals surface area contributed by atoms with E-state index < -0.39 is 17.2 Å². The summed E-state index contributed by atoms with van der Waals surface area (Å²) in [7, 11) is 3.31. The van der Waals surface area contributed by atoms with Crippen LogP contribution in [-0.4, -0.2) is 58.6 Å². The molecule has 7 nitrogen and oxygen atoms in total. The highest BCUT2D eigenvalue weighted by Crippen LogP contribution is 2.36. The van der Waals surface area contributed by atoms with Crippen molar-refractivity contribution in [3.05, 3.63) is 75.3 Å². The molecule has 3 aromatic rings. The first-order valence-corrected chi connectivity index (χ1v) is 12.2. The van der Waals surface area contributed by atoms with Crippen LogP contribution in [0.3, 0.4) is 0 Å². The van der Waals surface area contributed by atoms with Crippen LogP contribution in [0.15, 0.2) is 47.4 Å². The molecule has 2 aliphatic rings. The molecule has 1 amide bonds. The van der Waals surface area contributed by atoms with Gasteiger partial charge >= 0.3 is 6.18 Å². The van der Waals surface area contributed by atoms with Gasteiger partial charge in [-0.1, -0.05) is 12.1 Å². The van der Waals surface area contributed by atoms with E-state index in [-0.39, 0.29) is 24.6 Å². The fourth-order valence-electron chi connectivity index (χ4n) is 5.58. The number of likely N-dealkylation sites (tertiary alicyclic amines) is 1. The molecule has 37 heavy (non-hydrogen) atoms. The summed E-state index contributed by atoms with van der Waals surface area (Å²) < 4.78 is 46.7. The van der Waals surface area contributed by atoms with Crippen LogP contribution in [0.5, 0.6) is 0 Å². The third-order valence-electron chi connectivity index (χ3n) is 7.56. The number of benzene rings is 1. The molecule has 1 atom stereocenters. The van der Waals surface area contributed by atoms with Crippen LogP contribution in [0, 0.1) is 5.41 Å². The molecule has 5 rings (SSSR count). The Morgan fingerprint density at radius 2 is 1.95 bits per heavy atom. The van der Waals surface area contributed by atoms with Gasteiger partial charge in [0.1, 0.15) is 0 Å². The number of rotatable bonds is 5.